The number of aliphatic hydroxyl groups is 1. The van der Waals surface area contributed by atoms with Crippen LogP contribution in [-0.4, -0.2) is 36.4 Å². The first-order valence-electron chi connectivity index (χ1n) is 5.42. The summed E-state index contributed by atoms with van der Waals surface area (Å²) < 4.78 is 0. The Bertz CT molecular complexity index is 464. The number of carbonyl (C=O) groups is 1. The Hall–Kier alpha value is -1.01. The van der Waals surface area contributed by atoms with Gasteiger partial charge in [-0.05, 0) is 18.2 Å². The summed E-state index contributed by atoms with van der Waals surface area (Å²) in [6, 6.07) is 4.36. The molecule has 0 saturated carbocycles. The van der Waals surface area contributed by atoms with Crippen molar-refractivity contribution in [2.45, 2.75) is 5.60 Å². The number of rotatable bonds is 3. The lowest BCUT2D eigenvalue weighted by atomic mass is 9.98. The Morgan fingerprint density at radius 1 is 1.44 bits per heavy atom. The van der Waals surface area contributed by atoms with Gasteiger partial charge in [0, 0.05) is 18.1 Å². The SMILES string of the molecule is O=C(NCC1(O)CNC1)Nc1cc(Cl)ccc1Cl. The molecule has 0 radical (unpaired) electrons. The number of amides is 2. The van der Waals surface area contributed by atoms with E-state index in [1.54, 1.807) is 18.2 Å². The monoisotopic (exact) mass is 289 g/mol. The van der Waals surface area contributed by atoms with Crippen molar-refractivity contribution in [1.29, 1.82) is 0 Å². The fraction of sp³-hybridized carbons (Fsp3) is 0.364. The molecule has 2 rings (SSSR count). The molecule has 2 amide bonds. The van der Waals surface area contributed by atoms with Gasteiger partial charge in [-0.3, -0.25) is 0 Å². The highest BCUT2D eigenvalue weighted by molar-refractivity contribution is 6.35. The summed E-state index contributed by atoms with van der Waals surface area (Å²) >= 11 is 11.7. The highest BCUT2D eigenvalue weighted by atomic mass is 35.5. The van der Waals surface area contributed by atoms with Crippen LogP contribution in [0.2, 0.25) is 10.0 Å². The van der Waals surface area contributed by atoms with Crippen LogP contribution in [0.25, 0.3) is 0 Å². The van der Waals surface area contributed by atoms with Crippen LogP contribution in [0.4, 0.5) is 10.5 Å². The Morgan fingerprint density at radius 2 is 2.17 bits per heavy atom. The third-order valence-corrected chi connectivity index (χ3v) is 3.23. The average molecular weight is 290 g/mol. The zero-order valence-corrected chi connectivity index (χ0v) is 11.0. The number of anilines is 1. The van der Waals surface area contributed by atoms with Crippen LogP contribution in [0.1, 0.15) is 0 Å². The van der Waals surface area contributed by atoms with E-state index < -0.39 is 11.6 Å². The molecule has 0 unspecified atom stereocenters. The van der Waals surface area contributed by atoms with E-state index in [4.69, 9.17) is 23.2 Å². The van der Waals surface area contributed by atoms with Gasteiger partial charge in [-0.25, -0.2) is 4.79 Å². The van der Waals surface area contributed by atoms with Crippen LogP contribution in [0.5, 0.6) is 0 Å². The van der Waals surface area contributed by atoms with E-state index in [1.807, 2.05) is 0 Å². The lowest BCUT2D eigenvalue weighted by molar-refractivity contribution is -0.00575. The second kappa shape index (κ2) is 5.32. The Balaban J connectivity index is 1.88. The van der Waals surface area contributed by atoms with Gasteiger partial charge in [0.25, 0.3) is 0 Å². The van der Waals surface area contributed by atoms with Crippen molar-refractivity contribution in [1.82, 2.24) is 10.6 Å². The van der Waals surface area contributed by atoms with Gasteiger partial charge in [0.05, 0.1) is 17.3 Å². The molecule has 1 aromatic carbocycles. The summed E-state index contributed by atoms with van der Waals surface area (Å²) in [7, 11) is 0. The summed E-state index contributed by atoms with van der Waals surface area (Å²) in [5, 5.41) is 18.7. The molecule has 1 aromatic rings. The lowest BCUT2D eigenvalue weighted by Gasteiger charge is -2.37. The summed E-state index contributed by atoms with van der Waals surface area (Å²) in [6.45, 7) is 1.14. The number of nitrogens with one attached hydrogen (secondary N) is 3. The van der Waals surface area contributed by atoms with Gasteiger partial charge in [0.2, 0.25) is 0 Å². The minimum Gasteiger partial charge on any atom is -0.385 e. The summed E-state index contributed by atoms with van der Waals surface area (Å²) in [4.78, 5) is 11.6. The van der Waals surface area contributed by atoms with Gasteiger partial charge in [0.15, 0.2) is 0 Å². The smallest absolute Gasteiger partial charge is 0.319 e. The largest absolute Gasteiger partial charge is 0.385 e. The molecule has 7 heteroatoms. The first kappa shape index (κ1) is 13.4. The molecular formula is C11H13Cl2N3O2. The Morgan fingerprint density at radius 3 is 2.78 bits per heavy atom. The van der Waals surface area contributed by atoms with E-state index in [0.29, 0.717) is 28.8 Å². The maximum atomic E-state index is 11.6. The van der Waals surface area contributed by atoms with Crippen LogP contribution in [0.3, 0.4) is 0 Å². The van der Waals surface area contributed by atoms with Crippen LogP contribution < -0.4 is 16.0 Å². The number of β-amino-alcohol motifs (C(OH)–C–C–N with tert-alkyl or cyclic N) is 1. The van der Waals surface area contributed by atoms with Crippen molar-refractivity contribution in [2.24, 2.45) is 0 Å². The van der Waals surface area contributed by atoms with Crippen molar-refractivity contribution >= 4 is 34.9 Å². The zero-order chi connectivity index (χ0) is 13.2. The predicted molar refractivity (Wildman–Crippen MR) is 71.3 cm³/mol. The number of hydrogen-bond acceptors (Lipinski definition) is 3. The highest BCUT2D eigenvalue weighted by Gasteiger charge is 2.34. The van der Waals surface area contributed by atoms with E-state index in [0.717, 1.165) is 0 Å². The van der Waals surface area contributed by atoms with Crippen molar-refractivity contribution in [3.63, 3.8) is 0 Å². The van der Waals surface area contributed by atoms with Gasteiger partial charge in [-0.2, -0.15) is 0 Å². The molecule has 0 bridgehead atoms. The van der Waals surface area contributed by atoms with Crippen molar-refractivity contribution in [3.8, 4) is 0 Å². The minimum atomic E-state index is -0.852. The van der Waals surface area contributed by atoms with E-state index in [1.165, 1.54) is 0 Å². The first-order chi connectivity index (χ1) is 8.48. The standard InChI is InChI=1S/C11H13Cl2N3O2/c12-7-1-2-8(13)9(3-7)16-10(17)15-6-11(18)4-14-5-11/h1-3,14,18H,4-6H2,(H2,15,16,17). The number of carbonyl (C=O) groups excluding carboxylic acids is 1. The van der Waals surface area contributed by atoms with E-state index in [9.17, 15) is 9.90 Å². The maximum Gasteiger partial charge on any atom is 0.319 e. The normalized spacial score (nSPS) is 16.8. The third kappa shape index (κ3) is 3.26. The van der Waals surface area contributed by atoms with Gasteiger partial charge in [-0.15, -0.1) is 0 Å². The molecule has 1 aliphatic heterocycles. The van der Waals surface area contributed by atoms with Gasteiger partial charge in [-0.1, -0.05) is 23.2 Å². The molecule has 5 nitrogen and oxygen atoms in total. The number of benzene rings is 1. The predicted octanol–water partition coefficient (Wildman–Crippen LogP) is 1.45. The van der Waals surface area contributed by atoms with Crippen LogP contribution in [0, 0.1) is 0 Å². The Kier molecular flexibility index (Phi) is 3.97. The zero-order valence-electron chi connectivity index (χ0n) is 9.46. The molecule has 1 fully saturated rings. The maximum absolute atomic E-state index is 11.6. The summed E-state index contributed by atoms with van der Waals surface area (Å²) in [5.41, 5.74) is -0.421. The molecule has 1 saturated heterocycles. The molecule has 1 heterocycles. The molecule has 0 spiro atoms. The summed E-state index contributed by atoms with van der Waals surface area (Å²) in [6.07, 6.45) is 0. The number of urea groups is 1. The van der Waals surface area contributed by atoms with Crippen LogP contribution in [0.15, 0.2) is 18.2 Å². The second-order valence-electron chi connectivity index (χ2n) is 4.26. The molecule has 98 valence electrons. The molecule has 0 aliphatic carbocycles. The fourth-order valence-corrected chi connectivity index (χ4v) is 1.88. The van der Waals surface area contributed by atoms with Crippen molar-refractivity contribution in [2.75, 3.05) is 25.0 Å². The molecule has 0 atom stereocenters. The average Bonchev–Trinajstić information content (AvgIpc) is 2.29. The molecule has 0 aromatic heterocycles. The first-order valence-corrected chi connectivity index (χ1v) is 6.17. The van der Waals surface area contributed by atoms with Gasteiger partial charge in [0.1, 0.15) is 5.60 Å². The number of halogens is 2. The fourth-order valence-electron chi connectivity index (χ4n) is 1.54. The van der Waals surface area contributed by atoms with E-state index in [-0.39, 0.29) is 6.54 Å². The highest BCUT2D eigenvalue weighted by Crippen LogP contribution is 2.25. The van der Waals surface area contributed by atoms with Crippen molar-refractivity contribution in [3.05, 3.63) is 28.2 Å². The van der Waals surface area contributed by atoms with Crippen molar-refractivity contribution < 1.29 is 9.90 Å². The second-order valence-corrected chi connectivity index (χ2v) is 5.10. The van der Waals surface area contributed by atoms with E-state index >= 15 is 0 Å². The molecule has 1 aliphatic rings. The third-order valence-electron chi connectivity index (χ3n) is 2.66. The van der Waals surface area contributed by atoms with Crippen LogP contribution >= 0.6 is 23.2 Å². The van der Waals surface area contributed by atoms with Gasteiger partial charge < -0.3 is 21.1 Å². The van der Waals surface area contributed by atoms with E-state index in [2.05, 4.69) is 16.0 Å². The molecule has 4 N–H and O–H groups in total. The topological polar surface area (TPSA) is 73.4 Å². The Labute approximate surface area is 114 Å². The minimum absolute atomic E-state index is 0.185. The number of hydrogen-bond donors (Lipinski definition) is 4. The quantitative estimate of drug-likeness (QED) is 0.681. The molecular weight excluding hydrogens is 277 g/mol. The van der Waals surface area contributed by atoms with Crippen LogP contribution in [-0.2, 0) is 0 Å². The molecule has 18 heavy (non-hydrogen) atoms. The lowest BCUT2D eigenvalue weighted by Crippen LogP contribution is -2.64. The van der Waals surface area contributed by atoms with Gasteiger partial charge >= 0.3 is 6.03 Å². The summed E-state index contributed by atoms with van der Waals surface area (Å²) in [5.74, 6) is 0.